The van der Waals surface area contributed by atoms with E-state index in [1.807, 2.05) is 12.3 Å². The van der Waals surface area contributed by atoms with Gasteiger partial charge in [-0.1, -0.05) is 51.1 Å². The zero-order valence-corrected chi connectivity index (χ0v) is 9.49. The van der Waals surface area contributed by atoms with Crippen LogP contribution in [0.5, 0.6) is 0 Å². The fourth-order valence-corrected chi connectivity index (χ4v) is 1.15. The van der Waals surface area contributed by atoms with Gasteiger partial charge in [-0.25, -0.2) is 0 Å². The summed E-state index contributed by atoms with van der Waals surface area (Å²) >= 11 is 0. The van der Waals surface area contributed by atoms with Gasteiger partial charge >= 0.3 is 0 Å². The molecule has 0 amide bonds. The van der Waals surface area contributed by atoms with Crippen molar-refractivity contribution in [1.82, 2.24) is 0 Å². The van der Waals surface area contributed by atoms with Crippen LogP contribution in [0, 0.1) is 5.41 Å². The van der Waals surface area contributed by atoms with Gasteiger partial charge in [-0.3, -0.25) is 4.99 Å². The maximum absolute atomic E-state index is 4.54. The van der Waals surface area contributed by atoms with Crippen LogP contribution < -0.4 is 0 Å². The summed E-state index contributed by atoms with van der Waals surface area (Å²) in [7, 11) is 0. The van der Waals surface area contributed by atoms with Crippen molar-refractivity contribution >= 4 is 6.21 Å². The maximum Gasteiger partial charge on any atom is 0.0717 e. The third-order valence-corrected chi connectivity index (χ3v) is 1.97. The van der Waals surface area contributed by atoms with Gasteiger partial charge < -0.3 is 0 Å². The standard InChI is InChI=1S/C13H19N/c1-11(14-10-13(2,3)4)12-8-6-5-7-9-12/h5-11H,1-4H3/t11-/m0/s1. The minimum Gasteiger partial charge on any atom is -0.289 e. The molecule has 1 aromatic carbocycles. The number of rotatable bonds is 2. The lowest BCUT2D eigenvalue weighted by Gasteiger charge is -2.13. The van der Waals surface area contributed by atoms with Gasteiger partial charge in [0, 0.05) is 6.21 Å². The van der Waals surface area contributed by atoms with Crippen molar-refractivity contribution in [2.75, 3.05) is 0 Å². The van der Waals surface area contributed by atoms with Gasteiger partial charge in [-0.05, 0) is 17.9 Å². The highest BCUT2D eigenvalue weighted by Crippen LogP contribution is 2.17. The first kappa shape index (κ1) is 11.0. The van der Waals surface area contributed by atoms with Crippen LogP contribution in [0.1, 0.15) is 39.3 Å². The molecule has 0 aliphatic heterocycles. The first-order valence-electron chi connectivity index (χ1n) is 5.08. The predicted octanol–water partition coefficient (Wildman–Crippen LogP) is 3.86. The van der Waals surface area contributed by atoms with E-state index in [1.165, 1.54) is 5.56 Å². The molecule has 0 saturated carbocycles. The lowest BCUT2D eigenvalue weighted by molar-refractivity contribution is 0.599. The largest absolute Gasteiger partial charge is 0.289 e. The topological polar surface area (TPSA) is 12.4 Å². The fourth-order valence-electron chi connectivity index (χ4n) is 1.15. The Morgan fingerprint density at radius 3 is 2.21 bits per heavy atom. The monoisotopic (exact) mass is 189 g/mol. The summed E-state index contributed by atoms with van der Waals surface area (Å²) < 4.78 is 0. The van der Waals surface area contributed by atoms with Crippen LogP contribution in [0.3, 0.4) is 0 Å². The van der Waals surface area contributed by atoms with Gasteiger partial charge in [0.05, 0.1) is 6.04 Å². The van der Waals surface area contributed by atoms with Crippen molar-refractivity contribution in [1.29, 1.82) is 0 Å². The highest BCUT2D eigenvalue weighted by atomic mass is 14.8. The van der Waals surface area contributed by atoms with Crippen molar-refractivity contribution in [3.63, 3.8) is 0 Å². The minimum atomic E-state index is 0.170. The predicted molar refractivity (Wildman–Crippen MR) is 62.8 cm³/mol. The van der Waals surface area contributed by atoms with E-state index in [2.05, 4.69) is 57.0 Å². The third kappa shape index (κ3) is 3.73. The van der Waals surface area contributed by atoms with Crippen LogP contribution in [0.25, 0.3) is 0 Å². The van der Waals surface area contributed by atoms with Crippen LogP contribution in [0.15, 0.2) is 35.3 Å². The summed E-state index contributed by atoms with van der Waals surface area (Å²) in [6.45, 7) is 8.61. The number of hydrogen-bond donors (Lipinski definition) is 0. The molecule has 1 heteroatoms. The van der Waals surface area contributed by atoms with Crippen molar-refractivity contribution in [2.24, 2.45) is 10.4 Å². The van der Waals surface area contributed by atoms with Crippen LogP contribution in [0.2, 0.25) is 0 Å². The van der Waals surface area contributed by atoms with Crippen LogP contribution in [-0.2, 0) is 0 Å². The molecule has 0 spiro atoms. The Balaban J connectivity index is 2.69. The molecule has 0 aliphatic carbocycles. The number of aliphatic imine (C=N–C) groups is 1. The Morgan fingerprint density at radius 2 is 1.71 bits per heavy atom. The molecule has 0 N–H and O–H groups in total. The minimum absolute atomic E-state index is 0.170. The second-order valence-corrected chi connectivity index (χ2v) is 4.73. The summed E-state index contributed by atoms with van der Waals surface area (Å²) in [5, 5.41) is 0. The van der Waals surface area contributed by atoms with E-state index >= 15 is 0 Å². The van der Waals surface area contributed by atoms with Gasteiger partial charge in [0.2, 0.25) is 0 Å². The van der Waals surface area contributed by atoms with Crippen molar-refractivity contribution in [3.8, 4) is 0 Å². The van der Waals surface area contributed by atoms with E-state index in [1.54, 1.807) is 0 Å². The SMILES string of the molecule is C[C@H](N=CC(C)(C)C)c1ccccc1. The second kappa shape index (κ2) is 4.41. The number of benzene rings is 1. The van der Waals surface area contributed by atoms with E-state index in [0.717, 1.165) is 0 Å². The Morgan fingerprint density at radius 1 is 1.14 bits per heavy atom. The van der Waals surface area contributed by atoms with E-state index in [-0.39, 0.29) is 11.5 Å². The van der Waals surface area contributed by atoms with E-state index < -0.39 is 0 Å². The molecule has 0 radical (unpaired) electrons. The molecule has 0 heterocycles. The Kier molecular flexibility index (Phi) is 3.45. The third-order valence-electron chi connectivity index (χ3n) is 1.97. The number of nitrogens with zero attached hydrogens (tertiary/aromatic N) is 1. The molecule has 0 aromatic heterocycles. The van der Waals surface area contributed by atoms with Gasteiger partial charge in [-0.15, -0.1) is 0 Å². The molecule has 0 aliphatic rings. The van der Waals surface area contributed by atoms with E-state index in [0.29, 0.717) is 0 Å². The van der Waals surface area contributed by atoms with E-state index in [4.69, 9.17) is 0 Å². The highest BCUT2D eigenvalue weighted by Gasteiger charge is 2.07. The Hall–Kier alpha value is -1.11. The van der Waals surface area contributed by atoms with Crippen molar-refractivity contribution < 1.29 is 0 Å². The molecule has 1 rings (SSSR count). The molecular weight excluding hydrogens is 170 g/mol. The molecule has 1 nitrogen and oxygen atoms in total. The second-order valence-electron chi connectivity index (χ2n) is 4.73. The average Bonchev–Trinajstić information content (AvgIpc) is 2.14. The first-order valence-corrected chi connectivity index (χ1v) is 5.08. The zero-order valence-electron chi connectivity index (χ0n) is 9.49. The summed E-state index contributed by atoms with van der Waals surface area (Å²) in [6.07, 6.45) is 2.03. The first-order chi connectivity index (χ1) is 6.49. The zero-order chi connectivity index (χ0) is 10.6. The molecule has 1 aromatic rings. The maximum atomic E-state index is 4.54. The summed E-state index contributed by atoms with van der Waals surface area (Å²) in [6, 6.07) is 10.6. The van der Waals surface area contributed by atoms with Gasteiger partial charge in [0.1, 0.15) is 0 Å². The van der Waals surface area contributed by atoms with Crippen molar-refractivity contribution in [2.45, 2.75) is 33.7 Å². The average molecular weight is 189 g/mol. The Labute approximate surface area is 86.9 Å². The van der Waals surface area contributed by atoms with Crippen LogP contribution in [-0.4, -0.2) is 6.21 Å². The molecule has 0 unspecified atom stereocenters. The molecule has 76 valence electrons. The lowest BCUT2D eigenvalue weighted by Crippen LogP contribution is -2.07. The molecule has 0 fully saturated rings. The van der Waals surface area contributed by atoms with Crippen LogP contribution >= 0.6 is 0 Å². The lowest BCUT2D eigenvalue weighted by atomic mass is 9.99. The molecular formula is C13H19N. The normalized spacial score (nSPS) is 14.6. The van der Waals surface area contributed by atoms with Crippen molar-refractivity contribution in [3.05, 3.63) is 35.9 Å². The molecule has 1 atom stereocenters. The van der Waals surface area contributed by atoms with Gasteiger partial charge in [0.15, 0.2) is 0 Å². The summed E-state index contributed by atoms with van der Waals surface area (Å²) in [4.78, 5) is 4.54. The summed E-state index contributed by atoms with van der Waals surface area (Å²) in [5.41, 5.74) is 1.44. The fraction of sp³-hybridized carbons (Fsp3) is 0.462. The van der Waals surface area contributed by atoms with Gasteiger partial charge in [0.25, 0.3) is 0 Å². The van der Waals surface area contributed by atoms with E-state index in [9.17, 15) is 0 Å². The quantitative estimate of drug-likeness (QED) is 0.626. The Bertz CT molecular complexity index is 293. The highest BCUT2D eigenvalue weighted by molar-refractivity contribution is 5.64. The smallest absolute Gasteiger partial charge is 0.0717 e. The number of hydrogen-bond acceptors (Lipinski definition) is 1. The van der Waals surface area contributed by atoms with Gasteiger partial charge in [-0.2, -0.15) is 0 Å². The molecule has 0 saturated heterocycles. The molecule has 0 bridgehead atoms. The molecule has 14 heavy (non-hydrogen) atoms. The van der Waals surface area contributed by atoms with Crippen LogP contribution in [0.4, 0.5) is 0 Å². The summed E-state index contributed by atoms with van der Waals surface area (Å²) in [5.74, 6) is 0.